The number of hydrogen-bond acceptors (Lipinski definition) is 5. The number of para-hydroxylation sites is 1. The first-order valence-electron chi connectivity index (χ1n) is 5.81. The molecule has 0 saturated heterocycles. The van der Waals surface area contributed by atoms with Crippen LogP contribution in [0.3, 0.4) is 0 Å². The number of nitrogens with zero attached hydrogens (tertiary/aromatic N) is 1. The Morgan fingerprint density at radius 1 is 1.30 bits per heavy atom. The molecule has 1 aromatic heterocycles. The first-order valence-corrected chi connectivity index (χ1v) is 7.52. The molecule has 5 N–H and O–H groups in total. The molecule has 7 nitrogen and oxygen atoms in total. The first kappa shape index (κ1) is 14.2. The highest BCUT2D eigenvalue weighted by Crippen LogP contribution is 2.19. The molecule has 1 heterocycles. The minimum atomic E-state index is -3.60. The highest BCUT2D eigenvalue weighted by atomic mass is 32.2. The van der Waals surface area contributed by atoms with E-state index in [2.05, 4.69) is 10.3 Å². The summed E-state index contributed by atoms with van der Waals surface area (Å²) in [5.74, 6) is -0.517. The number of benzene rings is 1. The minimum absolute atomic E-state index is 0.0613. The van der Waals surface area contributed by atoms with Crippen molar-refractivity contribution in [1.29, 1.82) is 0 Å². The Morgan fingerprint density at radius 3 is 2.70 bits per heavy atom. The number of nitrogen functional groups attached to an aromatic ring is 1. The third-order valence-corrected chi connectivity index (χ3v) is 3.43. The summed E-state index contributed by atoms with van der Waals surface area (Å²) < 4.78 is 21.6. The van der Waals surface area contributed by atoms with Crippen molar-refractivity contribution in [2.75, 3.05) is 18.0 Å². The van der Waals surface area contributed by atoms with Crippen molar-refractivity contribution >= 4 is 32.7 Å². The Morgan fingerprint density at radius 2 is 2.00 bits per heavy atom. The number of carbonyl (C=O) groups excluding carboxylic acids is 1. The van der Waals surface area contributed by atoms with Gasteiger partial charge in [-0.15, -0.1) is 0 Å². The average Bonchev–Trinajstić information content (AvgIpc) is 2.36. The normalized spacial score (nSPS) is 11.4. The molecular weight excluding hydrogens is 280 g/mol. The zero-order chi connectivity index (χ0) is 14.8. The van der Waals surface area contributed by atoms with Gasteiger partial charge >= 0.3 is 0 Å². The summed E-state index contributed by atoms with van der Waals surface area (Å²) in [5.41, 5.74) is 6.60. The molecule has 0 aliphatic carbocycles. The van der Waals surface area contributed by atoms with Gasteiger partial charge in [0.05, 0.1) is 16.8 Å². The summed E-state index contributed by atoms with van der Waals surface area (Å²) in [6.07, 6.45) is 0. The fraction of sp³-hybridized carbons (Fsp3) is 0.167. The van der Waals surface area contributed by atoms with E-state index in [1.807, 2.05) is 0 Å². The lowest BCUT2D eigenvalue weighted by Gasteiger charge is -2.08. The molecule has 0 aliphatic rings. The maximum Gasteiger partial charge on any atom is 0.252 e. The summed E-state index contributed by atoms with van der Waals surface area (Å²) in [7, 11) is -3.60. The van der Waals surface area contributed by atoms with Crippen molar-refractivity contribution in [2.45, 2.75) is 0 Å². The molecule has 1 aromatic carbocycles. The summed E-state index contributed by atoms with van der Waals surface area (Å²) in [5, 5.41) is 8.01. The summed E-state index contributed by atoms with van der Waals surface area (Å²) >= 11 is 0. The second kappa shape index (κ2) is 5.43. The van der Waals surface area contributed by atoms with E-state index in [0.29, 0.717) is 16.5 Å². The molecule has 20 heavy (non-hydrogen) atoms. The molecule has 0 fully saturated rings. The van der Waals surface area contributed by atoms with Gasteiger partial charge < -0.3 is 11.1 Å². The minimum Gasteiger partial charge on any atom is -0.384 e. The molecular formula is C12H14N4O3S. The maximum absolute atomic E-state index is 12.1. The zero-order valence-corrected chi connectivity index (χ0v) is 11.4. The molecule has 0 unspecified atom stereocenters. The molecule has 1 amide bonds. The van der Waals surface area contributed by atoms with Crippen LogP contribution in [0.2, 0.25) is 0 Å². The zero-order valence-electron chi connectivity index (χ0n) is 10.5. The number of nitrogens with two attached hydrogens (primary N) is 2. The van der Waals surface area contributed by atoms with Crippen LogP contribution in [0.25, 0.3) is 10.9 Å². The fourth-order valence-corrected chi connectivity index (χ4v) is 2.17. The van der Waals surface area contributed by atoms with Crippen molar-refractivity contribution in [1.82, 2.24) is 10.3 Å². The quantitative estimate of drug-likeness (QED) is 0.721. The number of aromatic nitrogens is 1. The van der Waals surface area contributed by atoms with Gasteiger partial charge in [-0.3, -0.25) is 4.79 Å². The maximum atomic E-state index is 12.1. The summed E-state index contributed by atoms with van der Waals surface area (Å²) in [6, 6.07) is 8.51. The Kier molecular flexibility index (Phi) is 3.86. The smallest absolute Gasteiger partial charge is 0.252 e. The van der Waals surface area contributed by atoms with Gasteiger partial charge in [-0.1, -0.05) is 18.2 Å². The molecule has 0 radical (unpaired) electrons. The van der Waals surface area contributed by atoms with Gasteiger partial charge in [-0.05, 0) is 12.1 Å². The number of pyridine rings is 1. The van der Waals surface area contributed by atoms with Crippen LogP contribution >= 0.6 is 0 Å². The molecule has 0 saturated carbocycles. The van der Waals surface area contributed by atoms with E-state index in [4.69, 9.17) is 10.9 Å². The Labute approximate surface area is 116 Å². The number of nitrogens with one attached hydrogen (secondary N) is 1. The molecule has 0 spiro atoms. The van der Waals surface area contributed by atoms with E-state index in [9.17, 15) is 13.2 Å². The summed E-state index contributed by atoms with van der Waals surface area (Å²) in [6.45, 7) is -0.0613. The van der Waals surface area contributed by atoms with Crippen LogP contribution in [0.15, 0.2) is 30.3 Å². The van der Waals surface area contributed by atoms with Gasteiger partial charge in [0.2, 0.25) is 10.0 Å². The van der Waals surface area contributed by atoms with Crippen LogP contribution in [0, 0.1) is 0 Å². The number of rotatable bonds is 4. The molecule has 8 heteroatoms. The molecule has 106 valence electrons. The van der Waals surface area contributed by atoms with E-state index < -0.39 is 15.9 Å². The largest absolute Gasteiger partial charge is 0.384 e. The number of hydrogen-bond donors (Lipinski definition) is 3. The van der Waals surface area contributed by atoms with Gasteiger partial charge in [0.15, 0.2) is 0 Å². The lowest BCUT2D eigenvalue weighted by molar-refractivity contribution is 0.0958. The third-order valence-electron chi connectivity index (χ3n) is 2.65. The molecule has 2 rings (SSSR count). The Bertz CT molecular complexity index is 758. The van der Waals surface area contributed by atoms with Gasteiger partial charge in [0, 0.05) is 11.9 Å². The van der Waals surface area contributed by atoms with Gasteiger partial charge in [0.25, 0.3) is 5.91 Å². The monoisotopic (exact) mass is 294 g/mol. The molecule has 2 aromatic rings. The van der Waals surface area contributed by atoms with Gasteiger partial charge in [-0.2, -0.15) is 0 Å². The van der Waals surface area contributed by atoms with Crippen LogP contribution in [0.5, 0.6) is 0 Å². The lowest BCUT2D eigenvalue weighted by atomic mass is 10.1. The van der Waals surface area contributed by atoms with Crippen molar-refractivity contribution < 1.29 is 13.2 Å². The van der Waals surface area contributed by atoms with Crippen LogP contribution in [0.4, 0.5) is 5.82 Å². The van der Waals surface area contributed by atoms with E-state index in [-0.39, 0.29) is 18.1 Å². The number of sulfonamides is 1. The van der Waals surface area contributed by atoms with Crippen LogP contribution in [-0.4, -0.2) is 31.6 Å². The van der Waals surface area contributed by atoms with Crippen molar-refractivity contribution in [3.8, 4) is 0 Å². The van der Waals surface area contributed by atoms with Crippen LogP contribution < -0.4 is 16.2 Å². The van der Waals surface area contributed by atoms with E-state index in [1.165, 1.54) is 6.07 Å². The summed E-state index contributed by atoms with van der Waals surface area (Å²) in [4.78, 5) is 16.2. The first-order chi connectivity index (χ1) is 9.37. The number of amides is 1. The van der Waals surface area contributed by atoms with E-state index in [0.717, 1.165) is 0 Å². The van der Waals surface area contributed by atoms with Gasteiger partial charge in [0.1, 0.15) is 5.82 Å². The second-order valence-electron chi connectivity index (χ2n) is 4.23. The number of primary sulfonamides is 1. The topological polar surface area (TPSA) is 128 Å². The number of fused-ring (bicyclic) bond motifs is 1. The predicted molar refractivity (Wildman–Crippen MR) is 76.5 cm³/mol. The Balaban J connectivity index is 2.26. The lowest BCUT2D eigenvalue weighted by Crippen LogP contribution is -2.31. The fourth-order valence-electron chi connectivity index (χ4n) is 1.79. The number of anilines is 1. The predicted octanol–water partition coefficient (Wildman–Crippen LogP) is -0.165. The highest BCUT2D eigenvalue weighted by molar-refractivity contribution is 7.89. The van der Waals surface area contributed by atoms with Crippen molar-refractivity contribution in [3.05, 3.63) is 35.9 Å². The number of carbonyl (C=O) groups is 1. The molecule has 0 bridgehead atoms. The third kappa shape index (κ3) is 3.43. The van der Waals surface area contributed by atoms with Crippen LogP contribution in [-0.2, 0) is 10.0 Å². The van der Waals surface area contributed by atoms with E-state index in [1.54, 1.807) is 24.3 Å². The van der Waals surface area contributed by atoms with Crippen molar-refractivity contribution in [3.63, 3.8) is 0 Å². The molecule has 0 atom stereocenters. The molecule has 0 aliphatic heterocycles. The van der Waals surface area contributed by atoms with Crippen molar-refractivity contribution in [2.24, 2.45) is 5.14 Å². The highest BCUT2D eigenvalue weighted by Gasteiger charge is 2.12. The Hall–Kier alpha value is -2.19. The average molecular weight is 294 g/mol. The standard InChI is InChI=1S/C12H14N4O3S/c13-11-7-9(8-3-1-2-4-10(8)16-11)12(17)15-5-6-20(14,18)19/h1-4,7H,5-6H2,(H2,13,16)(H,15,17)(H2,14,18,19). The SMILES string of the molecule is Nc1cc(C(=O)NCCS(N)(=O)=O)c2ccccc2n1. The second-order valence-corrected chi connectivity index (χ2v) is 5.97. The van der Waals surface area contributed by atoms with E-state index >= 15 is 0 Å². The van der Waals surface area contributed by atoms with Crippen LogP contribution in [0.1, 0.15) is 10.4 Å². The van der Waals surface area contributed by atoms with Gasteiger partial charge in [-0.25, -0.2) is 18.5 Å².